The lowest BCUT2D eigenvalue weighted by molar-refractivity contribution is 0.186. The van der Waals surface area contributed by atoms with E-state index in [2.05, 4.69) is 0 Å². The molecule has 1 rings (SSSR count). The molecule has 0 aromatic heterocycles. The van der Waals surface area contributed by atoms with E-state index in [9.17, 15) is 18.6 Å². The molecule has 0 fully saturated rings. The Balaban J connectivity index is 3.09. The van der Waals surface area contributed by atoms with E-state index in [1.807, 2.05) is 0 Å². The van der Waals surface area contributed by atoms with Crippen LogP contribution < -0.4 is 10.9 Å². The molecule has 0 aliphatic rings. The highest BCUT2D eigenvalue weighted by Gasteiger charge is 2.13. The molecule has 0 aliphatic heterocycles. The summed E-state index contributed by atoms with van der Waals surface area (Å²) in [5.41, 5.74) is 5.85. The number of sulfonamides is 1. The van der Waals surface area contributed by atoms with Crippen molar-refractivity contribution < 1.29 is 18.6 Å². The molecule has 6 nitrogen and oxygen atoms in total. The minimum absolute atomic E-state index is 0.0135. The minimum Gasteiger partial charge on any atom is -0.508 e. The average molecular weight is 246 g/mol. The summed E-state index contributed by atoms with van der Waals surface area (Å²) in [6, 6.07) is 4.14. The van der Waals surface area contributed by atoms with Gasteiger partial charge >= 0.3 is 0 Å². The first-order valence-electron chi connectivity index (χ1n) is 4.54. The van der Waals surface area contributed by atoms with Crippen LogP contribution in [0.1, 0.15) is 17.2 Å². The Labute approximate surface area is 93.6 Å². The Morgan fingerprint density at radius 3 is 2.50 bits per heavy atom. The molecule has 0 radical (unpaired) electrons. The standard InChI is InChI=1S/C9H14N2O4S/c10-4-9(13)6-1-2-8(12)7(3-6)5-16(11,14)15/h1-3,9,12-13H,4-5,10H2,(H2,11,14,15). The van der Waals surface area contributed by atoms with E-state index in [-0.39, 0.29) is 17.9 Å². The smallest absolute Gasteiger partial charge is 0.213 e. The van der Waals surface area contributed by atoms with Crippen molar-refractivity contribution >= 4 is 10.0 Å². The van der Waals surface area contributed by atoms with Crippen LogP contribution in [0.15, 0.2) is 18.2 Å². The summed E-state index contributed by atoms with van der Waals surface area (Å²) in [5, 5.41) is 23.7. The molecule has 1 aromatic carbocycles. The van der Waals surface area contributed by atoms with Gasteiger partial charge in [0.05, 0.1) is 11.9 Å². The average Bonchev–Trinajstić information content (AvgIpc) is 2.18. The number of hydrogen-bond acceptors (Lipinski definition) is 5. The maximum absolute atomic E-state index is 10.9. The Hall–Kier alpha value is -1.15. The monoisotopic (exact) mass is 246 g/mol. The van der Waals surface area contributed by atoms with E-state index in [4.69, 9.17) is 10.9 Å². The largest absolute Gasteiger partial charge is 0.508 e. The normalized spacial score (nSPS) is 13.7. The van der Waals surface area contributed by atoms with Crippen molar-refractivity contribution in [3.63, 3.8) is 0 Å². The lowest BCUT2D eigenvalue weighted by atomic mass is 10.1. The van der Waals surface area contributed by atoms with E-state index in [0.717, 1.165) is 0 Å². The molecule has 6 N–H and O–H groups in total. The van der Waals surface area contributed by atoms with Gasteiger partial charge in [-0.25, -0.2) is 13.6 Å². The Bertz CT molecular complexity index is 472. The van der Waals surface area contributed by atoms with Gasteiger partial charge < -0.3 is 15.9 Å². The van der Waals surface area contributed by atoms with E-state index < -0.39 is 21.9 Å². The van der Waals surface area contributed by atoms with E-state index in [1.54, 1.807) is 0 Å². The number of phenolic OH excluding ortho intramolecular Hbond substituents is 1. The fraction of sp³-hybridized carbons (Fsp3) is 0.333. The van der Waals surface area contributed by atoms with Crippen molar-refractivity contribution in [3.8, 4) is 5.75 Å². The van der Waals surface area contributed by atoms with Gasteiger partial charge in [-0.1, -0.05) is 6.07 Å². The molecule has 1 atom stereocenters. The molecule has 0 saturated carbocycles. The predicted molar refractivity (Wildman–Crippen MR) is 58.9 cm³/mol. The molecule has 7 heteroatoms. The summed E-state index contributed by atoms with van der Waals surface area (Å²) >= 11 is 0. The van der Waals surface area contributed by atoms with E-state index in [1.165, 1.54) is 18.2 Å². The molecule has 1 aromatic rings. The highest BCUT2D eigenvalue weighted by molar-refractivity contribution is 7.88. The van der Waals surface area contributed by atoms with Crippen LogP contribution in [-0.4, -0.2) is 25.2 Å². The summed E-state index contributed by atoms with van der Waals surface area (Å²) in [6.07, 6.45) is -0.889. The third kappa shape index (κ3) is 3.46. The first-order valence-corrected chi connectivity index (χ1v) is 6.25. The summed E-state index contributed by atoms with van der Waals surface area (Å²) in [4.78, 5) is 0. The topological polar surface area (TPSA) is 127 Å². The zero-order chi connectivity index (χ0) is 12.3. The maximum Gasteiger partial charge on any atom is 0.213 e. The van der Waals surface area contributed by atoms with Crippen LogP contribution in [0.4, 0.5) is 0 Å². The van der Waals surface area contributed by atoms with Crippen LogP contribution in [0, 0.1) is 0 Å². The summed E-state index contributed by atoms with van der Waals surface area (Å²) in [6.45, 7) is 0.0135. The number of phenols is 1. The van der Waals surface area contributed by atoms with Gasteiger partial charge in [0.25, 0.3) is 0 Å². The number of aliphatic hydroxyl groups excluding tert-OH is 1. The molecular formula is C9H14N2O4S. The molecule has 0 bridgehead atoms. The number of rotatable bonds is 4. The maximum atomic E-state index is 10.9. The van der Waals surface area contributed by atoms with Crippen LogP contribution >= 0.6 is 0 Å². The van der Waals surface area contributed by atoms with Crippen molar-refractivity contribution in [3.05, 3.63) is 29.3 Å². The molecular weight excluding hydrogens is 232 g/mol. The highest BCUT2D eigenvalue weighted by Crippen LogP contribution is 2.23. The van der Waals surface area contributed by atoms with Gasteiger partial charge in [0.15, 0.2) is 0 Å². The van der Waals surface area contributed by atoms with Crippen LogP contribution in [0.3, 0.4) is 0 Å². The van der Waals surface area contributed by atoms with Crippen molar-refractivity contribution in [2.75, 3.05) is 6.54 Å². The fourth-order valence-corrected chi connectivity index (χ4v) is 1.95. The number of aliphatic hydroxyl groups is 1. The third-order valence-electron chi connectivity index (χ3n) is 2.07. The Morgan fingerprint density at radius 2 is 2.00 bits per heavy atom. The Kier molecular flexibility index (Phi) is 3.87. The van der Waals surface area contributed by atoms with Crippen molar-refractivity contribution in [2.24, 2.45) is 10.9 Å². The van der Waals surface area contributed by atoms with Crippen LogP contribution in [0.25, 0.3) is 0 Å². The number of benzene rings is 1. The second kappa shape index (κ2) is 4.79. The molecule has 0 amide bonds. The Morgan fingerprint density at radius 1 is 1.38 bits per heavy atom. The van der Waals surface area contributed by atoms with Crippen LogP contribution in [0.5, 0.6) is 5.75 Å². The first kappa shape index (κ1) is 12.9. The summed E-state index contributed by atoms with van der Waals surface area (Å²) in [5.74, 6) is -0.661. The van der Waals surface area contributed by atoms with E-state index in [0.29, 0.717) is 5.56 Å². The number of hydrogen-bond donors (Lipinski definition) is 4. The summed E-state index contributed by atoms with van der Waals surface area (Å²) in [7, 11) is -3.72. The van der Waals surface area contributed by atoms with Crippen LogP contribution in [-0.2, 0) is 15.8 Å². The van der Waals surface area contributed by atoms with Crippen molar-refractivity contribution in [1.82, 2.24) is 0 Å². The first-order chi connectivity index (χ1) is 7.33. The molecule has 0 spiro atoms. The third-order valence-corrected chi connectivity index (χ3v) is 2.78. The molecule has 0 aliphatic carbocycles. The lowest BCUT2D eigenvalue weighted by Crippen LogP contribution is -2.16. The van der Waals surface area contributed by atoms with Crippen molar-refractivity contribution in [1.29, 1.82) is 0 Å². The van der Waals surface area contributed by atoms with Gasteiger partial charge in [-0.3, -0.25) is 0 Å². The fourth-order valence-electron chi connectivity index (χ4n) is 1.28. The molecule has 90 valence electrons. The van der Waals surface area contributed by atoms with E-state index >= 15 is 0 Å². The second-order valence-corrected chi connectivity index (χ2v) is 5.06. The molecule has 16 heavy (non-hydrogen) atoms. The zero-order valence-corrected chi connectivity index (χ0v) is 9.31. The van der Waals surface area contributed by atoms with Crippen LogP contribution in [0.2, 0.25) is 0 Å². The number of primary sulfonamides is 1. The lowest BCUT2D eigenvalue weighted by Gasteiger charge is -2.10. The zero-order valence-electron chi connectivity index (χ0n) is 8.50. The molecule has 0 saturated heterocycles. The molecule has 1 unspecified atom stereocenters. The summed E-state index contributed by atoms with van der Waals surface area (Å²) < 4.78 is 21.8. The highest BCUT2D eigenvalue weighted by atomic mass is 32.2. The minimum atomic E-state index is -3.72. The van der Waals surface area contributed by atoms with Gasteiger partial charge in [-0.2, -0.15) is 0 Å². The van der Waals surface area contributed by atoms with Gasteiger partial charge in [-0.05, 0) is 17.7 Å². The predicted octanol–water partition coefficient (Wildman–Crippen LogP) is -0.827. The van der Waals surface area contributed by atoms with Gasteiger partial charge in [0, 0.05) is 12.1 Å². The van der Waals surface area contributed by atoms with Gasteiger partial charge in [0.2, 0.25) is 10.0 Å². The van der Waals surface area contributed by atoms with Gasteiger partial charge in [0.1, 0.15) is 5.75 Å². The molecule has 0 heterocycles. The number of nitrogens with two attached hydrogens (primary N) is 2. The quantitative estimate of drug-likeness (QED) is 0.551. The SMILES string of the molecule is NCC(O)c1ccc(O)c(CS(N)(=O)=O)c1. The van der Waals surface area contributed by atoms with Crippen molar-refractivity contribution in [2.45, 2.75) is 11.9 Å². The number of aromatic hydroxyl groups is 1. The van der Waals surface area contributed by atoms with Gasteiger partial charge in [-0.15, -0.1) is 0 Å². The second-order valence-electron chi connectivity index (χ2n) is 3.45.